The average molecular weight is 438 g/mol. The molecule has 0 aromatic carbocycles. The standard InChI is InChI=1S/C21H23N7O2S/c1-2-27-20(30)19-15(8-14-31-19)28-17(23-24-21(27)28)6-7-18(29)26-12-10-25(11-13-26)16-5-3-4-9-22-16/h3-5,8-9,14H,2,6-7,10-13H2,1H3. The van der Waals surface area contributed by atoms with E-state index in [4.69, 9.17) is 0 Å². The molecule has 5 heterocycles. The van der Waals surface area contributed by atoms with Crippen LogP contribution in [0.25, 0.3) is 16.0 Å². The molecule has 1 aliphatic heterocycles. The zero-order valence-corrected chi connectivity index (χ0v) is 18.1. The molecule has 0 unspecified atom stereocenters. The predicted octanol–water partition coefficient (Wildman–Crippen LogP) is 1.80. The van der Waals surface area contributed by atoms with E-state index >= 15 is 0 Å². The van der Waals surface area contributed by atoms with Crippen LogP contribution in [0.1, 0.15) is 19.2 Å². The van der Waals surface area contributed by atoms with Crippen LogP contribution in [-0.4, -0.2) is 61.1 Å². The average Bonchev–Trinajstić information content (AvgIpc) is 3.46. The molecule has 1 aliphatic rings. The smallest absolute Gasteiger partial charge is 0.272 e. The molecule has 9 nitrogen and oxygen atoms in total. The second-order valence-corrected chi connectivity index (χ2v) is 8.41. The van der Waals surface area contributed by atoms with Gasteiger partial charge in [0.05, 0.1) is 5.52 Å². The maximum absolute atomic E-state index is 12.8. The summed E-state index contributed by atoms with van der Waals surface area (Å²) in [5.41, 5.74) is 0.770. The van der Waals surface area contributed by atoms with E-state index in [1.807, 2.05) is 45.9 Å². The van der Waals surface area contributed by atoms with Gasteiger partial charge >= 0.3 is 0 Å². The van der Waals surface area contributed by atoms with Crippen LogP contribution >= 0.6 is 11.3 Å². The van der Waals surface area contributed by atoms with Crippen LogP contribution in [0.3, 0.4) is 0 Å². The van der Waals surface area contributed by atoms with Gasteiger partial charge in [-0.2, -0.15) is 0 Å². The van der Waals surface area contributed by atoms with Gasteiger partial charge in [-0.05, 0) is 30.5 Å². The number of amides is 1. The Morgan fingerprint density at radius 2 is 1.97 bits per heavy atom. The van der Waals surface area contributed by atoms with Crippen LogP contribution in [0.5, 0.6) is 0 Å². The number of hydrogen-bond acceptors (Lipinski definition) is 7. The molecule has 0 saturated carbocycles. The van der Waals surface area contributed by atoms with Gasteiger partial charge in [0.25, 0.3) is 5.56 Å². The van der Waals surface area contributed by atoms with Gasteiger partial charge < -0.3 is 9.80 Å². The number of anilines is 1. The maximum atomic E-state index is 12.8. The van der Waals surface area contributed by atoms with Crippen molar-refractivity contribution in [3.8, 4) is 0 Å². The summed E-state index contributed by atoms with van der Waals surface area (Å²) in [4.78, 5) is 34.0. The van der Waals surface area contributed by atoms with Crippen molar-refractivity contribution in [3.63, 3.8) is 0 Å². The summed E-state index contributed by atoms with van der Waals surface area (Å²) >= 11 is 1.42. The fraction of sp³-hybridized carbons (Fsp3) is 0.381. The van der Waals surface area contributed by atoms with Crippen LogP contribution in [0.2, 0.25) is 0 Å². The highest BCUT2D eigenvalue weighted by molar-refractivity contribution is 7.17. The van der Waals surface area contributed by atoms with E-state index in [9.17, 15) is 9.59 Å². The minimum absolute atomic E-state index is 0.0409. The van der Waals surface area contributed by atoms with E-state index in [-0.39, 0.29) is 11.5 Å². The SMILES string of the molecule is CCn1c(=O)c2sccc2n2c(CCC(=O)N3CCN(c4ccccn4)CC3)nnc12. The van der Waals surface area contributed by atoms with Crippen LogP contribution in [-0.2, 0) is 17.8 Å². The molecular formula is C21H23N7O2S. The molecule has 0 N–H and O–H groups in total. The lowest BCUT2D eigenvalue weighted by atomic mass is 10.2. The Bertz CT molecular complexity index is 1290. The molecule has 0 spiro atoms. The molecule has 10 heteroatoms. The molecule has 1 amide bonds. The number of aryl methyl sites for hydroxylation is 2. The second-order valence-electron chi connectivity index (χ2n) is 7.49. The first-order valence-electron chi connectivity index (χ1n) is 10.4. The normalized spacial score (nSPS) is 14.6. The van der Waals surface area contributed by atoms with Gasteiger partial charge in [-0.15, -0.1) is 21.5 Å². The Kier molecular flexibility index (Phi) is 5.14. The highest BCUT2D eigenvalue weighted by Gasteiger charge is 2.23. The van der Waals surface area contributed by atoms with E-state index in [0.29, 0.717) is 48.8 Å². The minimum Gasteiger partial charge on any atom is -0.353 e. The molecule has 1 saturated heterocycles. The maximum Gasteiger partial charge on any atom is 0.272 e. The number of carbonyl (C=O) groups is 1. The van der Waals surface area contributed by atoms with E-state index in [1.54, 1.807) is 10.8 Å². The molecule has 160 valence electrons. The van der Waals surface area contributed by atoms with Gasteiger partial charge in [0.1, 0.15) is 16.3 Å². The van der Waals surface area contributed by atoms with Crippen molar-refractivity contribution in [1.29, 1.82) is 0 Å². The molecule has 4 aromatic rings. The second kappa shape index (κ2) is 8.10. The van der Waals surface area contributed by atoms with E-state index < -0.39 is 0 Å². The van der Waals surface area contributed by atoms with Crippen molar-refractivity contribution in [2.75, 3.05) is 31.1 Å². The topological polar surface area (TPSA) is 88.6 Å². The molecule has 0 atom stereocenters. The van der Waals surface area contributed by atoms with Crippen molar-refractivity contribution in [1.82, 2.24) is 29.0 Å². The molecule has 31 heavy (non-hydrogen) atoms. The molecule has 0 bridgehead atoms. The number of carbonyl (C=O) groups excluding carboxylic acids is 1. The van der Waals surface area contributed by atoms with Gasteiger partial charge in [-0.3, -0.25) is 18.6 Å². The van der Waals surface area contributed by atoms with Gasteiger partial charge in [0.15, 0.2) is 0 Å². The lowest BCUT2D eigenvalue weighted by molar-refractivity contribution is -0.131. The first kappa shape index (κ1) is 19.7. The fourth-order valence-corrected chi connectivity index (χ4v) is 4.95. The monoisotopic (exact) mass is 437 g/mol. The van der Waals surface area contributed by atoms with Gasteiger partial charge in [-0.25, -0.2) is 4.98 Å². The first-order chi connectivity index (χ1) is 15.2. The number of pyridine rings is 1. The molecular weight excluding hydrogens is 414 g/mol. The van der Waals surface area contributed by atoms with Gasteiger partial charge in [-0.1, -0.05) is 6.07 Å². The first-order valence-corrected chi connectivity index (χ1v) is 11.3. The Labute approximate surface area is 182 Å². The number of aromatic nitrogens is 5. The number of piperazine rings is 1. The highest BCUT2D eigenvalue weighted by Crippen LogP contribution is 2.20. The zero-order chi connectivity index (χ0) is 21.4. The third-order valence-corrected chi connectivity index (χ3v) is 6.66. The van der Waals surface area contributed by atoms with Crippen LogP contribution in [0.15, 0.2) is 40.6 Å². The summed E-state index contributed by atoms with van der Waals surface area (Å²) in [6, 6.07) is 7.79. The van der Waals surface area contributed by atoms with Gasteiger partial charge in [0, 0.05) is 51.8 Å². The minimum atomic E-state index is -0.0409. The lowest BCUT2D eigenvalue weighted by Gasteiger charge is -2.35. The summed E-state index contributed by atoms with van der Waals surface area (Å²) < 4.78 is 4.24. The van der Waals surface area contributed by atoms with Crippen LogP contribution in [0.4, 0.5) is 5.82 Å². The Morgan fingerprint density at radius 1 is 1.13 bits per heavy atom. The zero-order valence-electron chi connectivity index (χ0n) is 17.3. The number of fused-ring (bicyclic) bond motifs is 3. The van der Waals surface area contributed by atoms with E-state index in [0.717, 1.165) is 24.4 Å². The molecule has 0 radical (unpaired) electrons. The Balaban J connectivity index is 1.30. The number of hydrogen-bond donors (Lipinski definition) is 0. The van der Waals surface area contributed by atoms with Crippen LogP contribution in [0, 0.1) is 0 Å². The summed E-state index contributed by atoms with van der Waals surface area (Å²) in [6.07, 6.45) is 2.63. The van der Waals surface area contributed by atoms with E-state index in [1.165, 1.54) is 11.3 Å². The summed E-state index contributed by atoms with van der Waals surface area (Å²) in [6.45, 7) is 5.35. The van der Waals surface area contributed by atoms with Crippen LogP contribution < -0.4 is 10.5 Å². The van der Waals surface area contributed by atoms with Crippen molar-refractivity contribution in [3.05, 3.63) is 52.0 Å². The van der Waals surface area contributed by atoms with E-state index in [2.05, 4.69) is 20.1 Å². The van der Waals surface area contributed by atoms with Gasteiger partial charge in [0.2, 0.25) is 11.7 Å². The predicted molar refractivity (Wildman–Crippen MR) is 120 cm³/mol. The largest absolute Gasteiger partial charge is 0.353 e. The number of thiophene rings is 1. The lowest BCUT2D eigenvalue weighted by Crippen LogP contribution is -2.49. The van der Waals surface area contributed by atoms with Crippen molar-refractivity contribution >= 4 is 39.1 Å². The summed E-state index contributed by atoms with van der Waals surface area (Å²) in [5.74, 6) is 2.31. The quantitative estimate of drug-likeness (QED) is 0.473. The third-order valence-electron chi connectivity index (χ3n) is 5.76. The Morgan fingerprint density at radius 3 is 2.71 bits per heavy atom. The fourth-order valence-electron chi connectivity index (χ4n) is 4.13. The molecule has 4 aromatic heterocycles. The summed E-state index contributed by atoms with van der Waals surface area (Å²) in [7, 11) is 0. The number of nitrogens with zero attached hydrogens (tertiary/aromatic N) is 7. The van der Waals surface area contributed by atoms with Crippen molar-refractivity contribution in [2.45, 2.75) is 26.3 Å². The number of rotatable bonds is 5. The molecule has 0 aliphatic carbocycles. The summed E-state index contributed by atoms with van der Waals surface area (Å²) in [5, 5.41) is 10.5. The molecule has 5 rings (SSSR count). The highest BCUT2D eigenvalue weighted by atomic mass is 32.1. The van der Waals surface area contributed by atoms with Crippen molar-refractivity contribution in [2.24, 2.45) is 0 Å². The van der Waals surface area contributed by atoms with Crippen molar-refractivity contribution < 1.29 is 4.79 Å². The molecule has 1 fully saturated rings. The third kappa shape index (κ3) is 3.46. The Hall–Kier alpha value is -3.27.